The molecule has 2 spiro atoms. The molecule has 34 heavy (non-hydrogen) atoms. The molecule has 0 bridgehead atoms. The van der Waals surface area contributed by atoms with Gasteiger partial charge < -0.3 is 25.3 Å². The van der Waals surface area contributed by atoms with Gasteiger partial charge in [0.1, 0.15) is 29.4 Å². The Morgan fingerprint density at radius 3 is 2.68 bits per heavy atom. The van der Waals surface area contributed by atoms with Gasteiger partial charge in [-0.1, -0.05) is 12.2 Å². The van der Waals surface area contributed by atoms with E-state index in [1.807, 2.05) is 0 Å². The number of anilines is 1. The second-order valence-electron chi connectivity index (χ2n) is 8.50. The number of hydrogen-bond acceptors (Lipinski definition) is 7. The molecule has 1 fully saturated rings. The van der Waals surface area contributed by atoms with Crippen LogP contribution in [0.1, 0.15) is 18.4 Å². The van der Waals surface area contributed by atoms with Crippen LogP contribution in [0.5, 0.6) is 5.75 Å². The van der Waals surface area contributed by atoms with E-state index in [0.717, 1.165) is 24.6 Å². The van der Waals surface area contributed by atoms with Crippen LogP contribution < -0.4 is 15.8 Å². The van der Waals surface area contributed by atoms with Crippen LogP contribution in [-0.4, -0.2) is 44.1 Å². The van der Waals surface area contributed by atoms with Gasteiger partial charge in [0.05, 0.1) is 12.8 Å². The highest BCUT2D eigenvalue weighted by Crippen LogP contribution is 2.65. The predicted octanol–water partition coefficient (Wildman–Crippen LogP) is 3.33. The summed E-state index contributed by atoms with van der Waals surface area (Å²) in [4.78, 5) is 21.5. The number of nitrogens with one attached hydrogen (secondary N) is 1. The third-order valence-corrected chi connectivity index (χ3v) is 6.24. The summed E-state index contributed by atoms with van der Waals surface area (Å²) >= 11 is 0. The number of alkyl halides is 3. The number of allylic oxidation sites excluding steroid dienone is 5. The summed E-state index contributed by atoms with van der Waals surface area (Å²) in [6.45, 7) is -0.632. The van der Waals surface area contributed by atoms with E-state index in [1.165, 1.54) is 24.3 Å². The van der Waals surface area contributed by atoms with Crippen molar-refractivity contribution in [2.45, 2.75) is 24.6 Å². The first-order chi connectivity index (χ1) is 16.2. The standard InChI is InChI=1S/C23H21F3N4O4/c24-23(25,26)13-32-15-3-1-2-4-17(28-10-15)19(31)29-14-5-6-18-16(9-14)22(12-34-20(27)30-22)21(7-8-21)11-33-18/h1-6,9-10H,7-8,11-13H2,(H2,27,30)(H,29,31)/b2-1+,3-1?,4-2?,15-3-,15-10?,17-4-,28-10-,28-17?. The molecule has 1 saturated carbocycles. The van der Waals surface area contributed by atoms with Crippen molar-refractivity contribution in [1.29, 1.82) is 0 Å². The van der Waals surface area contributed by atoms with Crippen LogP contribution >= 0.6 is 0 Å². The smallest absolute Gasteiger partial charge is 0.422 e. The second kappa shape index (κ2) is 7.93. The van der Waals surface area contributed by atoms with Crippen molar-refractivity contribution in [1.82, 2.24) is 0 Å². The largest absolute Gasteiger partial charge is 0.493 e. The number of halogens is 3. The van der Waals surface area contributed by atoms with Crippen molar-refractivity contribution in [3.8, 4) is 5.75 Å². The SMILES string of the molecule is NC1=NC2(CO1)c1cc(NC(=O)C3=C/C=C/C=C(OCC(F)(F)F)/C=N\3)ccc1OCC21CC1. The highest BCUT2D eigenvalue weighted by Gasteiger charge is 2.66. The molecule has 1 aromatic rings. The number of nitrogens with zero attached hydrogens (tertiary/aromatic N) is 2. The number of carbonyl (C=O) groups is 1. The number of carbonyl (C=O) groups excluding carboxylic acids is 1. The zero-order valence-electron chi connectivity index (χ0n) is 17.9. The Kier molecular flexibility index (Phi) is 5.14. The van der Waals surface area contributed by atoms with Gasteiger partial charge in [0.2, 0.25) is 0 Å². The maximum Gasteiger partial charge on any atom is 0.422 e. The molecule has 3 heterocycles. The van der Waals surface area contributed by atoms with Gasteiger partial charge in [-0.3, -0.25) is 4.79 Å². The van der Waals surface area contributed by atoms with E-state index in [1.54, 1.807) is 18.2 Å². The first-order valence-electron chi connectivity index (χ1n) is 10.6. The van der Waals surface area contributed by atoms with Crippen LogP contribution in [0.25, 0.3) is 0 Å². The Labute approximate surface area is 192 Å². The van der Waals surface area contributed by atoms with E-state index in [0.29, 0.717) is 24.7 Å². The van der Waals surface area contributed by atoms with Crippen LogP contribution in [0.4, 0.5) is 18.9 Å². The summed E-state index contributed by atoms with van der Waals surface area (Å²) in [5, 5.41) is 2.78. The van der Waals surface area contributed by atoms with Crippen molar-refractivity contribution in [2.24, 2.45) is 21.1 Å². The number of nitrogens with two attached hydrogens (primary N) is 1. The van der Waals surface area contributed by atoms with Crippen LogP contribution in [0.15, 0.2) is 63.9 Å². The molecule has 11 heteroatoms. The number of benzene rings is 1. The van der Waals surface area contributed by atoms with E-state index in [2.05, 4.69) is 15.3 Å². The molecule has 4 aliphatic rings. The highest BCUT2D eigenvalue weighted by molar-refractivity contribution is 6.05. The number of aliphatic imine (C=N–C) groups is 2. The van der Waals surface area contributed by atoms with Gasteiger partial charge in [0.15, 0.2) is 6.61 Å². The minimum atomic E-state index is -4.48. The molecule has 1 unspecified atom stereocenters. The Morgan fingerprint density at radius 1 is 1.18 bits per heavy atom. The maximum absolute atomic E-state index is 12.9. The fourth-order valence-electron chi connectivity index (χ4n) is 4.32. The van der Waals surface area contributed by atoms with Gasteiger partial charge in [-0.15, -0.1) is 0 Å². The lowest BCUT2D eigenvalue weighted by Crippen LogP contribution is -2.44. The molecule has 0 aromatic heterocycles. The van der Waals surface area contributed by atoms with Gasteiger partial charge in [0, 0.05) is 16.7 Å². The van der Waals surface area contributed by atoms with E-state index in [9.17, 15) is 18.0 Å². The topological polar surface area (TPSA) is 108 Å². The monoisotopic (exact) mass is 474 g/mol. The number of rotatable bonds is 4. The fourth-order valence-corrected chi connectivity index (χ4v) is 4.32. The summed E-state index contributed by atoms with van der Waals surface area (Å²) in [5.74, 6) is -0.0120. The lowest BCUT2D eigenvalue weighted by molar-refractivity contribution is -0.163. The molecule has 5 rings (SSSR count). The summed E-state index contributed by atoms with van der Waals surface area (Å²) in [7, 11) is 0. The summed E-state index contributed by atoms with van der Waals surface area (Å²) in [6, 6.07) is 5.37. The minimum Gasteiger partial charge on any atom is -0.493 e. The number of amidine groups is 1. The van der Waals surface area contributed by atoms with Gasteiger partial charge in [-0.05, 0) is 43.2 Å². The molecular formula is C23H21F3N4O4. The molecule has 1 aromatic carbocycles. The van der Waals surface area contributed by atoms with Crippen LogP contribution in [-0.2, 0) is 19.8 Å². The Balaban J connectivity index is 1.35. The maximum atomic E-state index is 12.9. The van der Waals surface area contributed by atoms with Gasteiger partial charge in [0.25, 0.3) is 11.9 Å². The lowest BCUT2D eigenvalue weighted by Gasteiger charge is -2.39. The molecule has 0 radical (unpaired) electrons. The first-order valence-corrected chi connectivity index (χ1v) is 10.6. The van der Waals surface area contributed by atoms with Crippen molar-refractivity contribution in [3.63, 3.8) is 0 Å². The van der Waals surface area contributed by atoms with Crippen molar-refractivity contribution in [3.05, 3.63) is 59.5 Å². The average molecular weight is 474 g/mol. The Morgan fingerprint density at radius 2 is 1.97 bits per heavy atom. The molecular weight excluding hydrogens is 453 g/mol. The predicted molar refractivity (Wildman–Crippen MR) is 117 cm³/mol. The zero-order valence-corrected chi connectivity index (χ0v) is 17.9. The zero-order chi connectivity index (χ0) is 24.0. The lowest BCUT2D eigenvalue weighted by atomic mass is 9.74. The van der Waals surface area contributed by atoms with Crippen molar-refractivity contribution >= 4 is 23.8 Å². The molecule has 1 atom stereocenters. The van der Waals surface area contributed by atoms with Crippen LogP contribution in [0.3, 0.4) is 0 Å². The van der Waals surface area contributed by atoms with Crippen molar-refractivity contribution < 1.29 is 32.2 Å². The number of amides is 1. The number of ether oxygens (including phenoxy) is 3. The van der Waals surface area contributed by atoms with E-state index >= 15 is 0 Å². The third-order valence-electron chi connectivity index (χ3n) is 6.24. The number of fused-ring (bicyclic) bond motifs is 3. The third kappa shape index (κ3) is 4.02. The minimum absolute atomic E-state index is 0.00808. The molecule has 8 nitrogen and oxygen atoms in total. The molecule has 1 amide bonds. The number of hydrogen-bond donors (Lipinski definition) is 2. The summed E-state index contributed by atoms with van der Waals surface area (Å²) in [6.07, 6.45) is 4.17. The van der Waals surface area contributed by atoms with E-state index in [-0.39, 0.29) is 22.9 Å². The molecule has 3 aliphatic heterocycles. The first kappa shape index (κ1) is 22.1. The molecule has 1 aliphatic carbocycles. The quantitative estimate of drug-likeness (QED) is 0.696. The Hall–Kier alpha value is -3.76. The summed E-state index contributed by atoms with van der Waals surface area (Å²) in [5.41, 5.74) is 6.27. The van der Waals surface area contributed by atoms with Crippen LogP contribution in [0, 0.1) is 5.41 Å². The molecule has 0 saturated heterocycles. The van der Waals surface area contributed by atoms with E-state index in [4.69, 9.17) is 19.9 Å². The van der Waals surface area contributed by atoms with Gasteiger partial charge in [-0.2, -0.15) is 13.2 Å². The summed E-state index contributed by atoms with van der Waals surface area (Å²) < 4.78 is 53.5. The highest BCUT2D eigenvalue weighted by atomic mass is 19.4. The van der Waals surface area contributed by atoms with Gasteiger partial charge in [-0.25, -0.2) is 9.98 Å². The Bertz CT molecular complexity index is 1180. The van der Waals surface area contributed by atoms with E-state index < -0.39 is 24.2 Å². The fraction of sp³-hybridized carbons (Fsp3) is 0.348. The normalized spacial score (nSPS) is 29.1. The van der Waals surface area contributed by atoms with Crippen LogP contribution in [0.2, 0.25) is 0 Å². The van der Waals surface area contributed by atoms with Gasteiger partial charge >= 0.3 is 6.18 Å². The molecule has 178 valence electrons. The molecule has 3 N–H and O–H groups in total. The second-order valence-corrected chi connectivity index (χ2v) is 8.50. The van der Waals surface area contributed by atoms with Crippen molar-refractivity contribution in [2.75, 3.05) is 25.1 Å². The average Bonchev–Trinajstić information content (AvgIpc) is 3.45.